The van der Waals surface area contributed by atoms with Gasteiger partial charge < -0.3 is 5.11 Å². The van der Waals surface area contributed by atoms with Crippen LogP contribution in [0, 0.1) is 0 Å². The summed E-state index contributed by atoms with van der Waals surface area (Å²) >= 11 is 0. The van der Waals surface area contributed by atoms with Gasteiger partial charge in [0.1, 0.15) is 5.60 Å². The molecule has 0 fully saturated rings. The van der Waals surface area contributed by atoms with Gasteiger partial charge in [-0.05, 0) is 12.0 Å². The van der Waals surface area contributed by atoms with E-state index in [9.17, 15) is 9.90 Å². The summed E-state index contributed by atoms with van der Waals surface area (Å²) in [6.45, 7) is 2.04. The highest BCUT2D eigenvalue weighted by Gasteiger charge is 2.27. The lowest BCUT2D eigenvalue weighted by Gasteiger charge is -2.21. The Bertz CT molecular complexity index is 282. The number of aliphatic hydroxyl groups is 1. The van der Waals surface area contributed by atoms with Crippen molar-refractivity contribution in [1.82, 2.24) is 0 Å². The Kier molecular flexibility index (Phi) is 3.84. The fourth-order valence-corrected chi connectivity index (χ4v) is 1.44. The average molecular weight is 192 g/mol. The lowest BCUT2D eigenvalue weighted by molar-refractivity contribution is -0.125. The molecule has 0 aromatic heterocycles. The van der Waals surface area contributed by atoms with E-state index < -0.39 is 5.60 Å². The third-order valence-corrected chi connectivity index (χ3v) is 2.38. The summed E-state index contributed by atoms with van der Waals surface area (Å²) in [5.74, 6) is 0. The van der Waals surface area contributed by atoms with E-state index in [0.29, 0.717) is 18.3 Å². The van der Waals surface area contributed by atoms with Gasteiger partial charge in [-0.15, -0.1) is 0 Å². The van der Waals surface area contributed by atoms with Crippen LogP contribution in [-0.2, 0) is 10.4 Å². The fourth-order valence-electron chi connectivity index (χ4n) is 1.44. The van der Waals surface area contributed by atoms with E-state index in [2.05, 4.69) is 0 Å². The van der Waals surface area contributed by atoms with Crippen LogP contribution in [-0.4, -0.2) is 11.4 Å². The van der Waals surface area contributed by atoms with E-state index in [-0.39, 0.29) is 0 Å². The fraction of sp³-hybridized carbons (Fsp3) is 0.417. The van der Waals surface area contributed by atoms with Gasteiger partial charge in [-0.25, -0.2) is 0 Å². The third kappa shape index (κ3) is 2.42. The number of unbranched alkanes of at least 4 members (excludes halogenated alkanes) is 1. The number of benzene rings is 1. The molecule has 2 heteroatoms. The summed E-state index contributed by atoms with van der Waals surface area (Å²) in [4.78, 5) is 10.9. The molecular formula is C12H16O2. The predicted octanol–water partition coefficient (Wildman–Crippen LogP) is 2.26. The van der Waals surface area contributed by atoms with Gasteiger partial charge in [0.15, 0.2) is 6.29 Å². The minimum atomic E-state index is -1.29. The van der Waals surface area contributed by atoms with Gasteiger partial charge in [0.2, 0.25) is 0 Å². The molecule has 0 unspecified atom stereocenters. The molecule has 0 aliphatic heterocycles. The van der Waals surface area contributed by atoms with Crippen LogP contribution in [0.5, 0.6) is 0 Å². The Morgan fingerprint density at radius 1 is 1.36 bits per heavy atom. The van der Waals surface area contributed by atoms with E-state index in [1.165, 1.54) is 0 Å². The van der Waals surface area contributed by atoms with Crippen LogP contribution in [0.1, 0.15) is 31.7 Å². The minimum absolute atomic E-state index is 0.497. The second kappa shape index (κ2) is 4.91. The molecule has 0 aliphatic rings. The highest BCUT2D eigenvalue weighted by atomic mass is 16.3. The molecule has 0 heterocycles. The first-order valence-corrected chi connectivity index (χ1v) is 4.97. The first-order valence-electron chi connectivity index (χ1n) is 4.97. The van der Waals surface area contributed by atoms with E-state index in [1.54, 1.807) is 12.1 Å². The molecule has 1 aromatic carbocycles. The molecule has 0 bridgehead atoms. The molecule has 0 aliphatic carbocycles. The number of carbonyl (C=O) groups is 1. The normalized spacial score (nSPS) is 14.7. The summed E-state index contributed by atoms with van der Waals surface area (Å²) < 4.78 is 0. The average Bonchev–Trinajstić information content (AvgIpc) is 2.27. The van der Waals surface area contributed by atoms with Crippen molar-refractivity contribution in [3.63, 3.8) is 0 Å². The van der Waals surface area contributed by atoms with Crippen LogP contribution < -0.4 is 0 Å². The van der Waals surface area contributed by atoms with Gasteiger partial charge in [-0.2, -0.15) is 0 Å². The standard InChI is InChI=1S/C12H16O2/c1-2-3-9-12(14,10-13)11-7-5-4-6-8-11/h4-8,10,14H,2-3,9H2,1H3/t12-/m0/s1. The SMILES string of the molecule is CCCC[C@](O)(C=O)c1ccccc1. The lowest BCUT2D eigenvalue weighted by atomic mass is 9.90. The smallest absolute Gasteiger partial charge is 0.156 e. The van der Waals surface area contributed by atoms with Gasteiger partial charge >= 0.3 is 0 Å². The first-order chi connectivity index (χ1) is 6.73. The van der Waals surface area contributed by atoms with Crippen LogP contribution in [0.4, 0.5) is 0 Å². The van der Waals surface area contributed by atoms with Crippen molar-refractivity contribution in [2.24, 2.45) is 0 Å². The molecule has 0 saturated heterocycles. The van der Waals surface area contributed by atoms with Crippen LogP contribution in [0.2, 0.25) is 0 Å². The third-order valence-electron chi connectivity index (χ3n) is 2.38. The zero-order valence-electron chi connectivity index (χ0n) is 8.44. The highest BCUT2D eigenvalue weighted by Crippen LogP contribution is 2.24. The number of hydrogen-bond donors (Lipinski definition) is 1. The van der Waals surface area contributed by atoms with Crippen LogP contribution in [0.15, 0.2) is 30.3 Å². The second-order valence-electron chi connectivity index (χ2n) is 3.51. The van der Waals surface area contributed by atoms with Gasteiger partial charge in [0, 0.05) is 0 Å². The number of aldehydes is 1. The molecular weight excluding hydrogens is 176 g/mol. The largest absolute Gasteiger partial charge is 0.378 e. The first kappa shape index (κ1) is 10.9. The van der Waals surface area contributed by atoms with Crippen LogP contribution in [0.25, 0.3) is 0 Å². The quantitative estimate of drug-likeness (QED) is 0.726. The number of carbonyl (C=O) groups excluding carboxylic acids is 1. The molecule has 1 aromatic rings. The number of hydrogen-bond acceptors (Lipinski definition) is 2. The lowest BCUT2D eigenvalue weighted by Crippen LogP contribution is -2.27. The van der Waals surface area contributed by atoms with Crippen LogP contribution in [0.3, 0.4) is 0 Å². The summed E-state index contributed by atoms with van der Waals surface area (Å²) in [7, 11) is 0. The molecule has 0 radical (unpaired) electrons. The van der Waals surface area contributed by atoms with Crippen molar-refractivity contribution in [1.29, 1.82) is 0 Å². The Labute approximate surface area is 84.6 Å². The molecule has 0 spiro atoms. The van der Waals surface area contributed by atoms with Crippen molar-refractivity contribution >= 4 is 6.29 Å². The molecule has 1 N–H and O–H groups in total. The van der Waals surface area contributed by atoms with Crippen molar-refractivity contribution in [3.05, 3.63) is 35.9 Å². The Morgan fingerprint density at radius 2 is 2.00 bits per heavy atom. The van der Waals surface area contributed by atoms with E-state index >= 15 is 0 Å². The predicted molar refractivity (Wildman–Crippen MR) is 55.9 cm³/mol. The molecule has 0 amide bonds. The highest BCUT2D eigenvalue weighted by molar-refractivity contribution is 5.65. The van der Waals surface area contributed by atoms with Gasteiger partial charge in [-0.3, -0.25) is 4.79 Å². The monoisotopic (exact) mass is 192 g/mol. The van der Waals surface area contributed by atoms with Crippen molar-refractivity contribution in [2.45, 2.75) is 31.8 Å². The molecule has 1 atom stereocenters. The van der Waals surface area contributed by atoms with Crippen molar-refractivity contribution in [3.8, 4) is 0 Å². The minimum Gasteiger partial charge on any atom is -0.378 e. The van der Waals surface area contributed by atoms with Crippen LogP contribution >= 0.6 is 0 Å². The van der Waals surface area contributed by atoms with Crippen molar-refractivity contribution in [2.75, 3.05) is 0 Å². The van der Waals surface area contributed by atoms with Gasteiger partial charge in [0.25, 0.3) is 0 Å². The maximum Gasteiger partial charge on any atom is 0.156 e. The molecule has 0 saturated carbocycles. The van der Waals surface area contributed by atoms with E-state index in [1.807, 2.05) is 25.1 Å². The number of rotatable bonds is 5. The summed E-state index contributed by atoms with van der Waals surface area (Å²) in [5.41, 5.74) is -0.611. The van der Waals surface area contributed by atoms with Gasteiger partial charge in [0.05, 0.1) is 0 Å². The Morgan fingerprint density at radius 3 is 2.50 bits per heavy atom. The zero-order valence-corrected chi connectivity index (χ0v) is 8.44. The maximum absolute atomic E-state index is 10.9. The summed E-state index contributed by atoms with van der Waals surface area (Å²) in [5, 5.41) is 10.1. The Hall–Kier alpha value is -1.15. The molecule has 2 nitrogen and oxygen atoms in total. The Balaban J connectivity index is 2.84. The zero-order chi connectivity index (χ0) is 10.4. The topological polar surface area (TPSA) is 37.3 Å². The molecule has 14 heavy (non-hydrogen) atoms. The van der Waals surface area contributed by atoms with Gasteiger partial charge in [-0.1, -0.05) is 50.1 Å². The maximum atomic E-state index is 10.9. The molecule has 1 rings (SSSR count). The second-order valence-corrected chi connectivity index (χ2v) is 3.51. The molecule has 76 valence electrons. The van der Waals surface area contributed by atoms with Crippen molar-refractivity contribution < 1.29 is 9.90 Å². The van der Waals surface area contributed by atoms with E-state index in [0.717, 1.165) is 12.8 Å². The summed E-state index contributed by atoms with van der Waals surface area (Å²) in [6.07, 6.45) is 2.96. The summed E-state index contributed by atoms with van der Waals surface area (Å²) in [6, 6.07) is 9.09. The van der Waals surface area contributed by atoms with E-state index in [4.69, 9.17) is 0 Å².